The molecule has 0 saturated heterocycles. The van der Waals surface area contributed by atoms with E-state index in [1.807, 2.05) is 32.0 Å². The molecule has 1 N–H and O–H groups in total. The van der Waals surface area contributed by atoms with Crippen molar-refractivity contribution in [2.45, 2.75) is 20.4 Å². The first-order chi connectivity index (χ1) is 8.16. The zero-order valence-electron chi connectivity index (χ0n) is 9.86. The van der Waals surface area contributed by atoms with Gasteiger partial charge in [0.2, 0.25) is 0 Å². The van der Waals surface area contributed by atoms with Gasteiger partial charge in [-0.15, -0.1) is 11.3 Å². The van der Waals surface area contributed by atoms with Gasteiger partial charge in [-0.3, -0.25) is 9.78 Å². The highest BCUT2D eigenvalue weighted by molar-refractivity contribution is 7.14. The van der Waals surface area contributed by atoms with E-state index in [-0.39, 0.29) is 5.91 Å². The molecule has 4 heteroatoms. The monoisotopic (exact) mass is 246 g/mol. The predicted molar refractivity (Wildman–Crippen MR) is 69.2 cm³/mol. The minimum atomic E-state index is -0.0111. The maximum Gasteiger partial charge on any atom is 0.261 e. The highest BCUT2D eigenvalue weighted by Gasteiger charge is 2.09. The van der Waals surface area contributed by atoms with Crippen molar-refractivity contribution in [3.8, 4) is 0 Å². The van der Waals surface area contributed by atoms with Crippen LogP contribution in [0.15, 0.2) is 30.6 Å². The number of pyridine rings is 1. The van der Waals surface area contributed by atoms with Crippen LogP contribution in [0.2, 0.25) is 0 Å². The Labute approximate surface area is 105 Å². The van der Waals surface area contributed by atoms with Crippen LogP contribution in [0.25, 0.3) is 0 Å². The highest BCUT2D eigenvalue weighted by atomic mass is 32.1. The number of amides is 1. The summed E-state index contributed by atoms with van der Waals surface area (Å²) < 4.78 is 0. The molecule has 0 aliphatic rings. The number of nitrogens with one attached hydrogen (secondary N) is 1. The smallest absolute Gasteiger partial charge is 0.261 e. The zero-order valence-corrected chi connectivity index (χ0v) is 10.7. The minimum absolute atomic E-state index is 0.0111. The first-order valence-electron chi connectivity index (χ1n) is 5.41. The van der Waals surface area contributed by atoms with Crippen LogP contribution in [0.5, 0.6) is 0 Å². The van der Waals surface area contributed by atoms with E-state index < -0.39 is 0 Å². The molecular weight excluding hydrogens is 232 g/mol. The molecule has 88 valence electrons. The van der Waals surface area contributed by atoms with Crippen LogP contribution >= 0.6 is 11.3 Å². The second kappa shape index (κ2) is 5.10. The van der Waals surface area contributed by atoms with Gasteiger partial charge in [0.05, 0.1) is 4.88 Å². The fourth-order valence-corrected chi connectivity index (χ4v) is 2.41. The summed E-state index contributed by atoms with van der Waals surface area (Å²) in [5, 5.41) is 2.90. The molecule has 0 atom stereocenters. The average Bonchev–Trinajstić information content (AvgIpc) is 2.68. The summed E-state index contributed by atoms with van der Waals surface area (Å²) in [6.07, 6.45) is 3.45. The van der Waals surface area contributed by atoms with Crippen molar-refractivity contribution >= 4 is 17.2 Å². The lowest BCUT2D eigenvalue weighted by molar-refractivity contribution is 0.0955. The SMILES string of the molecule is Cc1cc(C(=O)NCc2ccncc2)sc1C. The molecule has 0 aromatic carbocycles. The standard InChI is InChI=1S/C13H14N2OS/c1-9-7-12(17-10(9)2)13(16)15-8-11-3-5-14-6-4-11/h3-7H,8H2,1-2H3,(H,15,16). The molecule has 0 aliphatic carbocycles. The van der Waals surface area contributed by atoms with E-state index in [0.717, 1.165) is 10.4 Å². The van der Waals surface area contributed by atoms with Gasteiger partial charge in [-0.2, -0.15) is 0 Å². The minimum Gasteiger partial charge on any atom is -0.347 e. The second-order valence-electron chi connectivity index (χ2n) is 3.89. The fourth-order valence-electron chi connectivity index (χ4n) is 1.46. The lowest BCUT2D eigenvalue weighted by atomic mass is 10.2. The molecule has 0 saturated carbocycles. The third-order valence-electron chi connectivity index (χ3n) is 2.59. The maximum atomic E-state index is 11.9. The number of rotatable bonds is 3. The maximum absolute atomic E-state index is 11.9. The van der Waals surface area contributed by atoms with Gasteiger partial charge < -0.3 is 5.32 Å². The summed E-state index contributed by atoms with van der Waals surface area (Å²) >= 11 is 1.53. The van der Waals surface area contributed by atoms with E-state index in [1.165, 1.54) is 21.8 Å². The number of hydrogen-bond donors (Lipinski definition) is 1. The van der Waals surface area contributed by atoms with Crippen LogP contribution in [0.3, 0.4) is 0 Å². The number of nitrogens with zero attached hydrogens (tertiary/aromatic N) is 1. The predicted octanol–water partition coefficient (Wildman–Crippen LogP) is 2.69. The van der Waals surface area contributed by atoms with Gasteiger partial charge in [0.25, 0.3) is 5.91 Å². The molecule has 0 aliphatic heterocycles. The molecule has 3 nitrogen and oxygen atoms in total. The van der Waals surface area contributed by atoms with Gasteiger partial charge in [0.1, 0.15) is 0 Å². The molecule has 0 unspecified atom stereocenters. The topological polar surface area (TPSA) is 42.0 Å². The van der Waals surface area contributed by atoms with E-state index in [2.05, 4.69) is 10.3 Å². The highest BCUT2D eigenvalue weighted by Crippen LogP contribution is 2.20. The molecule has 0 fully saturated rings. The zero-order chi connectivity index (χ0) is 12.3. The van der Waals surface area contributed by atoms with Crippen molar-refractivity contribution < 1.29 is 4.79 Å². The van der Waals surface area contributed by atoms with Crippen molar-refractivity contribution in [1.29, 1.82) is 0 Å². The van der Waals surface area contributed by atoms with Crippen molar-refractivity contribution in [3.63, 3.8) is 0 Å². The molecular formula is C13H14N2OS. The van der Waals surface area contributed by atoms with Crippen molar-refractivity contribution in [2.75, 3.05) is 0 Å². The molecule has 2 aromatic rings. The molecule has 0 spiro atoms. The molecule has 0 radical (unpaired) electrons. The first-order valence-corrected chi connectivity index (χ1v) is 6.22. The van der Waals surface area contributed by atoms with Crippen LogP contribution in [0.1, 0.15) is 25.7 Å². The van der Waals surface area contributed by atoms with Gasteiger partial charge in [-0.1, -0.05) is 0 Å². The summed E-state index contributed by atoms with van der Waals surface area (Å²) in [6, 6.07) is 5.72. The number of aromatic nitrogens is 1. The Balaban J connectivity index is 1.98. The number of carbonyl (C=O) groups excluding carboxylic acids is 1. The van der Waals surface area contributed by atoms with Crippen LogP contribution < -0.4 is 5.32 Å². The van der Waals surface area contributed by atoms with Gasteiger partial charge in [0, 0.05) is 23.8 Å². The summed E-state index contributed by atoms with van der Waals surface area (Å²) in [7, 11) is 0. The Kier molecular flexibility index (Phi) is 3.54. The molecule has 2 rings (SSSR count). The van der Waals surface area contributed by atoms with Gasteiger partial charge in [-0.25, -0.2) is 0 Å². The normalized spacial score (nSPS) is 10.2. The summed E-state index contributed by atoms with van der Waals surface area (Å²) in [4.78, 5) is 17.8. The van der Waals surface area contributed by atoms with E-state index in [0.29, 0.717) is 6.54 Å². The van der Waals surface area contributed by atoms with E-state index in [9.17, 15) is 4.79 Å². The van der Waals surface area contributed by atoms with Crippen LogP contribution in [0, 0.1) is 13.8 Å². The molecule has 17 heavy (non-hydrogen) atoms. The fraction of sp³-hybridized carbons (Fsp3) is 0.231. The van der Waals surface area contributed by atoms with Crippen LogP contribution in [-0.2, 0) is 6.54 Å². The van der Waals surface area contributed by atoms with Crippen molar-refractivity contribution in [3.05, 3.63) is 51.5 Å². The lowest BCUT2D eigenvalue weighted by Crippen LogP contribution is -2.21. The molecule has 2 aromatic heterocycles. The van der Waals surface area contributed by atoms with Crippen LogP contribution in [-0.4, -0.2) is 10.9 Å². The van der Waals surface area contributed by atoms with Gasteiger partial charge in [0.15, 0.2) is 0 Å². The quantitative estimate of drug-likeness (QED) is 0.904. The number of carbonyl (C=O) groups is 1. The number of hydrogen-bond acceptors (Lipinski definition) is 3. The summed E-state index contributed by atoms with van der Waals surface area (Å²) in [5.41, 5.74) is 2.22. The second-order valence-corrected chi connectivity index (χ2v) is 5.14. The summed E-state index contributed by atoms with van der Waals surface area (Å²) in [6.45, 7) is 4.59. The van der Waals surface area contributed by atoms with Gasteiger partial charge >= 0.3 is 0 Å². The largest absolute Gasteiger partial charge is 0.347 e. The van der Waals surface area contributed by atoms with E-state index in [1.54, 1.807) is 12.4 Å². The Morgan fingerprint density at radius 3 is 2.65 bits per heavy atom. The molecule has 0 bridgehead atoms. The first kappa shape index (κ1) is 11.8. The number of aryl methyl sites for hydroxylation is 2. The molecule has 2 heterocycles. The van der Waals surface area contributed by atoms with Gasteiger partial charge in [-0.05, 0) is 43.2 Å². The Hall–Kier alpha value is -1.68. The Morgan fingerprint density at radius 1 is 1.35 bits per heavy atom. The van der Waals surface area contributed by atoms with Crippen molar-refractivity contribution in [2.24, 2.45) is 0 Å². The third-order valence-corrected chi connectivity index (χ3v) is 3.74. The average molecular weight is 246 g/mol. The third kappa shape index (κ3) is 2.91. The Morgan fingerprint density at radius 2 is 2.06 bits per heavy atom. The molecule has 1 amide bonds. The van der Waals surface area contributed by atoms with Crippen LogP contribution in [0.4, 0.5) is 0 Å². The summed E-state index contributed by atoms with van der Waals surface area (Å²) in [5.74, 6) is -0.0111. The Bertz CT molecular complexity index is 500. The number of thiophene rings is 1. The lowest BCUT2D eigenvalue weighted by Gasteiger charge is -2.02. The van der Waals surface area contributed by atoms with E-state index >= 15 is 0 Å². The van der Waals surface area contributed by atoms with E-state index in [4.69, 9.17) is 0 Å². The van der Waals surface area contributed by atoms with Crippen molar-refractivity contribution in [1.82, 2.24) is 10.3 Å².